The Morgan fingerprint density at radius 1 is 0.828 bits per heavy atom. The molecule has 0 aliphatic rings. The summed E-state index contributed by atoms with van der Waals surface area (Å²) >= 11 is 0. The van der Waals surface area contributed by atoms with Gasteiger partial charge in [0, 0.05) is 12.2 Å². The first kappa shape index (κ1) is 20.1. The molecule has 2 amide bonds. The second kappa shape index (κ2) is 10.1. The minimum atomic E-state index is -0.284. The van der Waals surface area contributed by atoms with Gasteiger partial charge in [0.1, 0.15) is 5.75 Å². The van der Waals surface area contributed by atoms with Crippen LogP contribution in [-0.4, -0.2) is 18.4 Å². The fraction of sp³-hybridized carbons (Fsp3) is 0.167. The number of benzene rings is 3. The Morgan fingerprint density at radius 3 is 2.24 bits per heavy atom. The molecular formula is C24H24N2O3. The van der Waals surface area contributed by atoms with E-state index in [1.807, 2.05) is 54.6 Å². The van der Waals surface area contributed by atoms with Crippen LogP contribution in [0.2, 0.25) is 0 Å². The molecule has 3 aromatic carbocycles. The smallest absolute Gasteiger partial charge is 0.262 e. The average molecular weight is 388 g/mol. The van der Waals surface area contributed by atoms with Gasteiger partial charge in [-0.25, -0.2) is 0 Å². The topological polar surface area (TPSA) is 67.4 Å². The standard InChI is InChI=1S/C24H24N2O3/c1-2-18-12-14-20(15-13-18)26-23(27)17-29-22-11-7-6-10-21(22)24(28)25-16-19-8-4-3-5-9-19/h3-15H,2,16-17H2,1H3,(H,25,28)(H,26,27). The van der Waals surface area contributed by atoms with Crippen LogP contribution in [0.15, 0.2) is 78.9 Å². The number of carbonyl (C=O) groups is 2. The normalized spacial score (nSPS) is 10.2. The molecule has 0 radical (unpaired) electrons. The van der Waals surface area contributed by atoms with Crippen molar-refractivity contribution in [2.24, 2.45) is 0 Å². The van der Waals surface area contributed by atoms with Crippen LogP contribution in [0.3, 0.4) is 0 Å². The summed E-state index contributed by atoms with van der Waals surface area (Å²) in [5.41, 5.74) is 3.32. The van der Waals surface area contributed by atoms with Gasteiger partial charge in [-0.15, -0.1) is 0 Å². The van der Waals surface area contributed by atoms with Crippen molar-refractivity contribution in [3.05, 3.63) is 95.6 Å². The van der Waals surface area contributed by atoms with Crippen molar-refractivity contribution < 1.29 is 14.3 Å². The van der Waals surface area contributed by atoms with Crippen molar-refractivity contribution in [3.63, 3.8) is 0 Å². The molecule has 0 unspecified atom stereocenters. The lowest BCUT2D eigenvalue weighted by Gasteiger charge is -2.12. The zero-order valence-corrected chi connectivity index (χ0v) is 16.4. The van der Waals surface area contributed by atoms with Crippen LogP contribution in [0, 0.1) is 0 Å². The maximum atomic E-state index is 12.5. The van der Waals surface area contributed by atoms with E-state index in [0.29, 0.717) is 23.5 Å². The van der Waals surface area contributed by atoms with Gasteiger partial charge in [-0.3, -0.25) is 9.59 Å². The van der Waals surface area contributed by atoms with Gasteiger partial charge >= 0.3 is 0 Å². The third kappa shape index (κ3) is 5.94. The minimum Gasteiger partial charge on any atom is -0.483 e. The van der Waals surface area contributed by atoms with Crippen molar-refractivity contribution in [1.82, 2.24) is 5.32 Å². The van der Waals surface area contributed by atoms with Gasteiger partial charge in [0.15, 0.2) is 6.61 Å². The van der Waals surface area contributed by atoms with E-state index in [1.165, 1.54) is 5.56 Å². The largest absolute Gasteiger partial charge is 0.483 e. The molecule has 148 valence electrons. The Bertz CT molecular complexity index is 953. The van der Waals surface area contributed by atoms with E-state index in [-0.39, 0.29) is 18.4 Å². The van der Waals surface area contributed by atoms with Gasteiger partial charge in [0.25, 0.3) is 11.8 Å². The maximum Gasteiger partial charge on any atom is 0.262 e. The third-order valence-corrected chi connectivity index (χ3v) is 4.43. The molecule has 0 saturated heterocycles. The summed E-state index contributed by atoms with van der Waals surface area (Å²) < 4.78 is 5.62. The van der Waals surface area contributed by atoms with Gasteiger partial charge < -0.3 is 15.4 Å². The Labute approximate surface area is 170 Å². The lowest BCUT2D eigenvalue weighted by molar-refractivity contribution is -0.118. The van der Waals surface area contributed by atoms with E-state index >= 15 is 0 Å². The lowest BCUT2D eigenvalue weighted by atomic mass is 10.1. The Kier molecular flexibility index (Phi) is 7.00. The second-order valence-electron chi connectivity index (χ2n) is 6.55. The lowest BCUT2D eigenvalue weighted by Crippen LogP contribution is -2.25. The summed E-state index contributed by atoms with van der Waals surface area (Å²) in [6, 6.07) is 24.2. The summed E-state index contributed by atoms with van der Waals surface area (Å²) in [5, 5.41) is 5.67. The molecule has 3 aromatic rings. The number of hydrogen-bond donors (Lipinski definition) is 2. The first-order chi connectivity index (χ1) is 14.2. The first-order valence-electron chi connectivity index (χ1n) is 9.58. The highest BCUT2D eigenvalue weighted by Gasteiger charge is 2.13. The third-order valence-electron chi connectivity index (χ3n) is 4.43. The van der Waals surface area contributed by atoms with Crippen LogP contribution in [0.1, 0.15) is 28.4 Å². The van der Waals surface area contributed by atoms with Crippen molar-refractivity contribution in [3.8, 4) is 5.75 Å². The molecule has 29 heavy (non-hydrogen) atoms. The SMILES string of the molecule is CCc1ccc(NC(=O)COc2ccccc2C(=O)NCc2ccccc2)cc1. The summed E-state index contributed by atoms with van der Waals surface area (Å²) in [7, 11) is 0. The number of rotatable bonds is 8. The van der Waals surface area contributed by atoms with Crippen molar-refractivity contribution in [2.75, 3.05) is 11.9 Å². The zero-order chi connectivity index (χ0) is 20.5. The van der Waals surface area contributed by atoms with Crippen LogP contribution in [0.5, 0.6) is 5.75 Å². The van der Waals surface area contributed by atoms with Crippen molar-refractivity contribution in [2.45, 2.75) is 19.9 Å². The molecular weight excluding hydrogens is 364 g/mol. The number of ether oxygens (including phenoxy) is 1. The minimum absolute atomic E-state index is 0.182. The molecule has 0 spiro atoms. The molecule has 0 aliphatic heterocycles. The fourth-order valence-electron chi connectivity index (χ4n) is 2.82. The summed E-state index contributed by atoms with van der Waals surface area (Å²) in [6.07, 6.45) is 0.945. The van der Waals surface area contributed by atoms with Crippen LogP contribution in [0.4, 0.5) is 5.69 Å². The predicted octanol–water partition coefficient (Wildman–Crippen LogP) is 4.20. The van der Waals surface area contributed by atoms with Gasteiger partial charge in [-0.2, -0.15) is 0 Å². The van der Waals surface area contributed by atoms with Gasteiger partial charge in [0.05, 0.1) is 5.56 Å². The van der Waals surface area contributed by atoms with Gasteiger partial charge in [-0.1, -0.05) is 61.5 Å². The fourth-order valence-corrected chi connectivity index (χ4v) is 2.82. The molecule has 0 fully saturated rings. The quantitative estimate of drug-likeness (QED) is 0.608. The van der Waals surface area contributed by atoms with Crippen molar-refractivity contribution >= 4 is 17.5 Å². The highest BCUT2D eigenvalue weighted by atomic mass is 16.5. The summed E-state index contributed by atoms with van der Waals surface area (Å²) in [5.74, 6) is -0.164. The molecule has 0 saturated carbocycles. The number of hydrogen-bond acceptors (Lipinski definition) is 3. The van der Waals surface area contributed by atoms with E-state index in [2.05, 4.69) is 17.6 Å². The van der Waals surface area contributed by atoms with Gasteiger partial charge in [-0.05, 0) is 41.8 Å². The number of anilines is 1. The molecule has 0 aliphatic carbocycles. The van der Waals surface area contributed by atoms with E-state index in [1.54, 1.807) is 24.3 Å². The molecule has 0 aromatic heterocycles. The average Bonchev–Trinajstić information content (AvgIpc) is 2.77. The highest BCUT2D eigenvalue weighted by molar-refractivity contribution is 5.97. The molecule has 0 atom stereocenters. The summed E-state index contributed by atoms with van der Waals surface area (Å²) in [4.78, 5) is 24.7. The Hall–Kier alpha value is -3.60. The van der Waals surface area contributed by atoms with E-state index < -0.39 is 0 Å². The zero-order valence-electron chi connectivity index (χ0n) is 16.4. The van der Waals surface area contributed by atoms with Crippen molar-refractivity contribution in [1.29, 1.82) is 0 Å². The summed E-state index contributed by atoms with van der Waals surface area (Å²) in [6.45, 7) is 2.32. The van der Waals surface area contributed by atoms with Crippen LogP contribution < -0.4 is 15.4 Å². The molecule has 5 nitrogen and oxygen atoms in total. The highest BCUT2D eigenvalue weighted by Crippen LogP contribution is 2.18. The number of amides is 2. The number of aryl methyl sites for hydroxylation is 1. The predicted molar refractivity (Wildman–Crippen MR) is 114 cm³/mol. The number of carbonyl (C=O) groups excluding carboxylic acids is 2. The Balaban J connectivity index is 1.56. The first-order valence-corrected chi connectivity index (χ1v) is 9.58. The molecule has 0 heterocycles. The molecule has 0 bridgehead atoms. The number of nitrogens with one attached hydrogen (secondary N) is 2. The van der Waals surface area contributed by atoms with Crippen LogP contribution in [-0.2, 0) is 17.8 Å². The van der Waals surface area contributed by atoms with E-state index in [4.69, 9.17) is 4.74 Å². The monoisotopic (exact) mass is 388 g/mol. The van der Waals surface area contributed by atoms with Crippen LogP contribution >= 0.6 is 0 Å². The molecule has 3 rings (SSSR count). The Morgan fingerprint density at radius 2 is 1.52 bits per heavy atom. The van der Waals surface area contributed by atoms with E-state index in [9.17, 15) is 9.59 Å². The van der Waals surface area contributed by atoms with Gasteiger partial charge in [0.2, 0.25) is 0 Å². The number of para-hydroxylation sites is 1. The van der Waals surface area contributed by atoms with Crippen LogP contribution in [0.25, 0.3) is 0 Å². The molecule has 5 heteroatoms. The second-order valence-corrected chi connectivity index (χ2v) is 6.55. The maximum absolute atomic E-state index is 12.5. The molecule has 2 N–H and O–H groups in total. The van der Waals surface area contributed by atoms with E-state index in [0.717, 1.165) is 12.0 Å².